The molecule has 4 aromatic rings. The number of aliphatic hydroxyl groups excluding tert-OH is 1. The van der Waals surface area contributed by atoms with Gasteiger partial charge in [0.25, 0.3) is 11.7 Å². The molecule has 1 unspecified atom stereocenters. The number of phenolic OH excluding ortho intramolecular Hbond substituents is 1. The number of Topliss-reactive ketones (excluding diaryl/α,β-unsaturated/α-hetero) is 1. The van der Waals surface area contributed by atoms with Crippen LogP contribution in [0.4, 0.5) is 0 Å². The molecule has 5 rings (SSSR count). The van der Waals surface area contributed by atoms with E-state index in [1.807, 2.05) is 31.2 Å². The highest BCUT2D eigenvalue weighted by atomic mass is 16.5. The molecular weight excluding hydrogens is 498 g/mol. The molecule has 1 amide bonds. The summed E-state index contributed by atoms with van der Waals surface area (Å²) in [6, 6.07) is 21.6. The fourth-order valence-electron chi connectivity index (χ4n) is 4.62. The third kappa shape index (κ3) is 5.09. The smallest absolute Gasteiger partial charge is 0.296 e. The fraction of sp³-hybridized carbons (Fsp3) is 0.161. The largest absolute Gasteiger partial charge is 0.507 e. The third-order valence-corrected chi connectivity index (χ3v) is 6.75. The molecule has 0 radical (unpaired) electrons. The number of nitrogens with zero attached hydrogens (tertiary/aromatic N) is 1. The monoisotopic (exact) mass is 525 g/mol. The maximum absolute atomic E-state index is 13.3. The number of carbonyl (C=O) groups excluding carboxylic acids is 2. The highest BCUT2D eigenvalue weighted by Crippen LogP contribution is 2.42. The number of rotatable bonds is 8. The molecule has 1 aliphatic heterocycles. The van der Waals surface area contributed by atoms with Gasteiger partial charge >= 0.3 is 0 Å². The van der Waals surface area contributed by atoms with Gasteiger partial charge in [0.1, 0.15) is 23.9 Å². The number of carbonyl (C=O) groups is 2. The number of aryl methyl sites for hydroxylation is 1. The first-order valence-electron chi connectivity index (χ1n) is 12.3. The van der Waals surface area contributed by atoms with E-state index in [0.717, 1.165) is 11.1 Å². The number of methoxy groups -OCH3 is 1. The third-order valence-electron chi connectivity index (χ3n) is 6.75. The van der Waals surface area contributed by atoms with Gasteiger partial charge in [0.15, 0.2) is 11.5 Å². The number of likely N-dealkylation sites (tertiary alicyclic amines) is 1. The minimum atomic E-state index is -0.943. The Morgan fingerprint density at radius 2 is 1.77 bits per heavy atom. The number of benzene rings is 3. The minimum absolute atomic E-state index is 0.00783. The average molecular weight is 526 g/mol. The molecule has 8 nitrogen and oxygen atoms in total. The Morgan fingerprint density at radius 1 is 1.00 bits per heavy atom. The van der Waals surface area contributed by atoms with Crippen LogP contribution in [0, 0.1) is 6.92 Å². The van der Waals surface area contributed by atoms with Crippen molar-refractivity contribution in [2.75, 3.05) is 7.11 Å². The van der Waals surface area contributed by atoms with Gasteiger partial charge in [-0.3, -0.25) is 9.59 Å². The summed E-state index contributed by atoms with van der Waals surface area (Å²) in [5.41, 5.74) is 2.94. The zero-order valence-electron chi connectivity index (χ0n) is 21.5. The molecule has 0 bridgehead atoms. The number of aliphatic hydroxyl groups is 1. The zero-order chi connectivity index (χ0) is 27.5. The van der Waals surface area contributed by atoms with Crippen molar-refractivity contribution in [3.63, 3.8) is 0 Å². The Bertz CT molecular complexity index is 1540. The second-order valence-corrected chi connectivity index (χ2v) is 9.18. The second kappa shape index (κ2) is 10.8. The molecule has 1 saturated heterocycles. The standard InChI is InChI=1S/C31H27NO7/c1-19-6-3-4-7-22(19)18-39-23-12-9-20(10-13-23)29(34)27-28(21-11-14-25(33)26(16-21)37-2)32(31(36)30(27)35)17-24-8-5-15-38-24/h3-16,28,33-34H,17-18H2,1-2H3/b29-27+. The Balaban J connectivity index is 1.50. The van der Waals surface area contributed by atoms with E-state index in [1.54, 1.807) is 42.5 Å². The van der Waals surface area contributed by atoms with Gasteiger partial charge in [-0.2, -0.15) is 0 Å². The number of hydrogen-bond donors (Lipinski definition) is 2. The van der Waals surface area contributed by atoms with Crippen LogP contribution < -0.4 is 9.47 Å². The van der Waals surface area contributed by atoms with E-state index in [-0.39, 0.29) is 29.4 Å². The lowest BCUT2D eigenvalue weighted by Crippen LogP contribution is -2.29. The molecule has 2 N–H and O–H groups in total. The summed E-state index contributed by atoms with van der Waals surface area (Å²) in [7, 11) is 1.40. The van der Waals surface area contributed by atoms with Crippen LogP contribution >= 0.6 is 0 Å². The topological polar surface area (TPSA) is 109 Å². The molecule has 1 fully saturated rings. The predicted molar refractivity (Wildman–Crippen MR) is 143 cm³/mol. The molecular formula is C31H27NO7. The Labute approximate surface area is 225 Å². The second-order valence-electron chi connectivity index (χ2n) is 9.18. The molecule has 2 heterocycles. The van der Waals surface area contributed by atoms with Gasteiger partial charge in [0, 0.05) is 5.56 Å². The molecule has 1 atom stereocenters. The van der Waals surface area contributed by atoms with Gasteiger partial charge in [-0.15, -0.1) is 0 Å². The lowest BCUT2D eigenvalue weighted by molar-refractivity contribution is -0.140. The van der Waals surface area contributed by atoms with E-state index in [0.29, 0.717) is 29.2 Å². The normalized spacial score (nSPS) is 16.5. The van der Waals surface area contributed by atoms with E-state index in [1.165, 1.54) is 30.4 Å². The van der Waals surface area contributed by atoms with Crippen LogP contribution in [0.15, 0.2) is 95.1 Å². The lowest BCUT2D eigenvalue weighted by Gasteiger charge is -2.25. The van der Waals surface area contributed by atoms with Crippen LogP contribution in [0.5, 0.6) is 17.2 Å². The van der Waals surface area contributed by atoms with Crippen molar-refractivity contribution in [2.24, 2.45) is 0 Å². The summed E-state index contributed by atoms with van der Waals surface area (Å²) in [5, 5.41) is 21.4. The first-order valence-corrected chi connectivity index (χ1v) is 12.3. The van der Waals surface area contributed by atoms with Gasteiger partial charge in [0.05, 0.1) is 31.5 Å². The maximum Gasteiger partial charge on any atom is 0.296 e. The van der Waals surface area contributed by atoms with Gasteiger partial charge in [0.2, 0.25) is 0 Å². The summed E-state index contributed by atoms with van der Waals surface area (Å²) >= 11 is 0. The number of furan rings is 1. The Kier molecular flexibility index (Phi) is 7.10. The van der Waals surface area contributed by atoms with Crippen molar-refractivity contribution in [3.8, 4) is 17.2 Å². The highest BCUT2D eigenvalue weighted by molar-refractivity contribution is 6.46. The Hall–Kier alpha value is -4.98. The van der Waals surface area contributed by atoms with Crippen LogP contribution in [-0.2, 0) is 22.7 Å². The maximum atomic E-state index is 13.3. The van der Waals surface area contributed by atoms with E-state index < -0.39 is 17.7 Å². The van der Waals surface area contributed by atoms with Crippen LogP contribution in [0.2, 0.25) is 0 Å². The zero-order valence-corrected chi connectivity index (χ0v) is 21.5. The van der Waals surface area contributed by atoms with Gasteiger partial charge in [-0.1, -0.05) is 30.3 Å². The summed E-state index contributed by atoms with van der Waals surface area (Å²) in [6.07, 6.45) is 1.48. The molecule has 1 aliphatic rings. The van der Waals surface area contributed by atoms with Gasteiger partial charge < -0.3 is 29.0 Å². The number of ketones is 1. The quantitative estimate of drug-likeness (QED) is 0.178. The van der Waals surface area contributed by atoms with Crippen molar-refractivity contribution in [1.29, 1.82) is 0 Å². The van der Waals surface area contributed by atoms with Crippen LogP contribution in [-0.4, -0.2) is 33.9 Å². The Morgan fingerprint density at radius 3 is 2.46 bits per heavy atom. The number of ether oxygens (including phenoxy) is 2. The number of hydrogen-bond acceptors (Lipinski definition) is 7. The van der Waals surface area contributed by atoms with E-state index in [2.05, 4.69) is 0 Å². The molecule has 39 heavy (non-hydrogen) atoms. The van der Waals surface area contributed by atoms with Crippen molar-refractivity contribution >= 4 is 17.4 Å². The van der Waals surface area contributed by atoms with Gasteiger partial charge in [-0.05, 0) is 72.1 Å². The molecule has 0 saturated carbocycles. The van der Waals surface area contributed by atoms with Crippen LogP contribution in [0.3, 0.4) is 0 Å². The summed E-state index contributed by atoms with van der Waals surface area (Å²) in [6.45, 7) is 2.41. The molecule has 0 aliphatic carbocycles. The van der Waals surface area contributed by atoms with E-state index in [9.17, 15) is 19.8 Å². The van der Waals surface area contributed by atoms with Crippen molar-refractivity contribution in [1.82, 2.24) is 4.90 Å². The molecule has 8 heteroatoms. The summed E-state index contributed by atoms with van der Waals surface area (Å²) < 4.78 is 16.6. The number of aromatic hydroxyl groups is 1. The van der Waals surface area contributed by atoms with Crippen LogP contribution in [0.25, 0.3) is 5.76 Å². The average Bonchev–Trinajstić information content (AvgIpc) is 3.55. The first-order chi connectivity index (χ1) is 18.9. The lowest BCUT2D eigenvalue weighted by atomic mass is 9.95. The van der Waals surface area contributed by atoms with Crippen molar-refractivity contribution < 1.29 is 33.7 Å². The molecule has 1 aromatic heterocycles. The minimum Gasteiger partial charge on any atom is -0.507 e. The molecule has 0 spiro atoms. The van der Waals surface area contributed by atoms with Crippen molar-refractivity contribution in [2.45, 2.75) is 26.1 Å². The predicted octanol–water partition coefficient (Wildman–Crippen LogP) is 5.50. The van der Waals surface area contributed by atoms with E-state index in [4.69, 9.17) is 13.9 Å². The highest BCUT2D eigenvalue weighted by Gasteiger charge is 2.46. The summed E-state index contributed by atoms with van der Waals surface area (Å²) in [5.74, 6) is -0.774. The molecule has 3 aromatic carbocycles. The van der Waals surface area contributed by atoms with Crippen LogP contribution in [0.1, 0.15) is 34.1 Å². The SMILES string of the molecule is COc1cc(C2/C(=C(\O)c3ccc(OCc4ccccc4C)cc3)C(=O)C(=O)N2Cc2ccco2)ccc1O. The fourth-order valence-corrected chi connectivity index (χ4v) is 4.62. The van der Waals surface area contributed by atoms with Gasteiger partial charge in [-0.25, -0.2) is 0 Å². The van der Waals surface area contributed by atoms with E-state index >= 15 is 0 Å². The number of amides is 1. The summed E-state index contributed by atoms with van der Waals surface area (Å²) in [4.78, 5) is 27.8. The molecule has 198 valence electrons. The first kappa shape index (κ1) is 25.7. The van der Waals surface area contributed by atoms with Crippen molar-refractivity contribution in [3.05, 3.63) is 119 Å². The number of phenols is 1.